The second-order valence-electron chi connectivity index (χ2n) is 5.99. The fourth-order valence-corrected chi connectivity index (χ4v) is 3.88. The van der Waals surface area contributed by atoms with E-state index in [1.807, 2.05) is 47.8 Å². The van der Waals surface area contributed by atoms with Gasteiger partial charge in [0.15, 0.2) is 0 Å². The summed E-state index contributed by atoms with van der Waals surface area (Å²) in [5, 5.41) is 26.0. The van der Waals surface area contributed by atoms with Crippen LogP contribution < -0.4 is 5.32 Å². The van der Waals surface area contributed by atoms with Crippen molar-refractivity contribution in [1.29, 1.82) is 0 Å². The number of thiophene rings is 1. The molecule has 0 aliphatic carbocycles. The lowest BCUT2D eigenvalue weighted by Gasteiger charge is -2.30. The maximum absolute atomic E-state index is 10.3. The molecule has 0 radical (unpaired) electrons. The Bertz CT molecular complexity index is 906. The fraction of sp³-hybridized carbons (Fsp3) is 0.150. The van der Waals surface area contributed by atoms with Crippen molar-refractivity contribution in [3.8, 4) is 11.5 Å². The van der Waals surface area contributed by atoms with Crippen LogP contribution in [0.1, 0.15) is 34.6 Å². The number of benzene rings is 2. The number of rotatable bonds is 3. The summed E-state index contributed by atoms with van der Waals surface area (Å²) in [4.78, 5) is 5.94. The van der Waals surface area contributed by atoms with Crippen LogP contribution in [0.5, 0.6) is 11.5 Å². The summed E-state index contributed by atoms with van der Waals surface area (Å²) in [5.41, 5.74) is 2.42. The third-order valence-corrected chi connectivity index (χ3v) is 5.31. The molecule has 2 heterocycles. The number of nitrogens with one attached hydrogen (secondary N) is 1. The second kappa shape index (κ2) is 6.70. The maximum atomic E-state index is 10.3. The predicted octanol–water partition coefficient (Wildman–Crippen LogP) is 4.38. The highest BCUT2D eigenvalue weighted by Crippen LogP contribution is 2.36. The van der Waals surface area contributed by atoms with Gasteiger partial charge in [-0.3, -0.25) is 10.3 Å². The van der Waals surface area contributed by atoms with E-state index in [1.165, 1.54) is 0 Å². The minimum absolute atomic E-state index is 0.0830. The van der Waals surface area contributed by atoms with Crippen LogP contribution in [0.3, 0.4) is 0 Å². The summed E-state index contributed by atoms with van der Waals surface area (Å²) < 4.78 is 0. The van der Waals surface area contributed by atoms with Crippen molar-refractivity contribution >= 4 is 17.0 Å². The van der Waals surface area contributed by atoms with Gasteiger partial charge in [0.2, 0.25) is 0 Å². The number of aliphatic imine (C=N–C) groups is 1. The van der Waals surface area contributed by atoms with E-state index < -0.39 is 0 Å². The molecule has 0 saturated carbocycles. The molecule has 5 heteroatoms. The molecule has 25 heavy (non-hydrogen) atoms. The lowest BCUT2D eigenvalue weighted by Crippen LogP contribution is -2.32. The number of para-hydroxylation sites is 2. The number of phenolic OH excluding ortho intramolecular Hbond substituents is 2. The third-order valence-electron chi connectivity index (χ3n) is 4.38. The average molecular weight is 350 g/mol. The average Bonchev–Trinajstić information content (AvgIpc) is 3.17. The van der Waals surface area contributed by atoms with Crippen LogP contribution in [0.15, 0.2) is 71.0 Å². The minimum Gasteiger partial charge on any atom is -0.508 e. The first kappa shape index (κ1) is 15.9. The summed E-state index contributed by atoms with van der Waals surface area (Å²) in [6, 6.07) is 18.6. The van der Waals surface area contributed by atoms with Crippen LogP contribution in [0.4, 0.5) is 0 Å². The van der Waals surface area contributed by atoms with Crippen molar-refractivity contribution in [2.75, 3.05) is 0 Å². The SMILES string of the molecule is Oc1ccccc1C1=N[C@H](c2cccs2)N[C@H](c2ccccc2O)C1. The van der Waals surface area contributed by atoms with E-state index in [0.717, 1.165) is 21.7 Å². The molecule has 0 bridgehead atoms. The molecule has 3 N–H and O–H groups in total. The molecule has 0 fully saturated rings. The zero-order chi connectivity index (χ0) is 17.2. The summed E-state index contributed by atoms with van der Waals surface area (Å²) in [6.07, 6.45) is 0.393. The minimum atomic E-state index is -0.201. The number of nitrogens with zero attached hydrogens (tertiary/aromatic N) is 1. The number of hydrogen-bond acceptors (Lipinski definition) is 5. The Morgan fingerprint density at radius 1 is 0.920 bits per heavy atom. The van der Waals surface area contributed by atoms with Crippen LogP contribution >= 0.6 is 11.3 Å². The highest BCUT2D eigenvalue weighted by molar-refractivity contribution is 7.10. The van der Waals surface area contributed by atoms with Crippen LogP contribution in [0, 0.1) is 0 Å². The van der Waals surface area contributed by atoms with E-state index in [0.29, 0.717) is 6.42 Å². The molecule has 126 valence electrons. The van der Waals surface area contributed by atoms with Gasteiger partial charge >= 0.3 is 0 Å². The topological polar surface area (TPSA) is 64.9 Å². The number of aromatic hydroxyl groups is 2. The zero-order valence-electron chi connectivity index (χ0n) is 13.5. The van der Waals surface area contributed by atoms with E-state index in [-0.39, 0.29) is 23.7 Å². The van der Waals surface area contributed by atoms with E-state index in [9.17, 15) is 10.2 Å². The normalized spacial score (nSPS) is 20.2. The van der Waals surface area contributed by atoms with Crippen LogP contribution in [-0.2, 0) is 0 Å². The van der Waals surface area contributed by atoms with E-state index in [4.69, 9.17) is 4.99 Å². The molecule has 1 aliphatic heterocycles. The molecular formula is C20H18N2O2S. The maximum Gasteiger partial charge on any atom is 0.135 e. The first-order valence-corrected chi connectivity index (χ1v) is 9.03. The molecule has 4 nitrogen and oxygen atoms in total. The van der Waals surface area contributed by atoms with Crippen molar-refractivity contribution in [2.45, 2.75) is 18.6 Å². The molecule has 1 aliphatic rings. The third kappa shape index (κ3) is 3.16. The van der Waals surface area contributed by atoms with Gasteiger partial charge < -0.3 is 10.2 Å². The van der Waals surface area contributed by atoms with Gasteiger partial charge in [-0.15, -0.1) is 11.3 Å². The van der Waals surface area contributed by atoms with Gasteiger partial charge in [-0.25, -0.2) is 0 Å². The molecule has 2 atom stereocenters. The van der Waals surface area contributed by atoms with Gasteiger partial charge in [-0.1, -0.05) is 36.4 Å². The van der Waals surface area contributed by atoms with Gasteiger partial charge in [0.25, 0.3) is 0 Å². The molecule has 0 unspecified atom stereocenters. The molecular weight excluding hydrogens is 332 g/mol. The highest BCUT2D eigenvalue weighted by Gasteiger charge is 2.28. The van der Waals surface area contributed by atoms with Gasteiger partial charge in [0.05, 0.1) is 5.71 Å². The molecule has 1 aromatic heterocycles. The summed E-state index contributed by atoms with van der Waals surface area (Å²) in [6.45, 7) is 0. The van der Waals surface area contributed by atoms with Gasteiger partial charge in [-0.05, 0) is 29.6 Å². The van der Waals surface area contributed by atoms with Gasteiger partial charge in [-0.2, -0.15) is 0 Å². The number of phenols is 2. The Morgan fingerprint density at radius 2 is 1.68 bits per heavy atom. The van der Waals surface area contributed by atoms with Crippen molar-refractivity contribution in [3.05, 3.63) is 82.0 Å². The largest absolute Gasteiger partial charge is 0.508 e. The Labute approximate surface area is 150 Å². The first-order valence-electron chi connectivity index (χ1n) is 8.15. The summed E-state index contributed by atoms with van der Waals surface area (Å²) >= 11 is 1.64. The van der Waals surface area contributed by atoms with Crippen LogP contribution in [0.25, 0.3) is 0 Å². The Balaban J connectivity index is 1.77. The standard InChI is InChI=1S/C20H18N2O2S/c23-17-8-3-1-6-13(17)15-12-16(14-7-2-4-9-18(14)24)22-20(21-15)19-10-5-11-25-19/h1-11,15,20-21,23-24H,12H2/t15-,20+/m0/s1. The van der Waals surface area contributed by atoms with Crippen molar-refractivity contribution in [3.63, 3.8) is 0 Å². The van der Waals surface area contributed by atoms with Crippen LogP contribution in [-0.4, -0.2) is 15.9 Å². The molecule has 0 spiro atoms. The van der Waals surface area contributed by atoms with Crippen molar-refractivity contribution in [2.24, 2.45) is 4.99 Å². The van der Waals surface area contributed by atoms with E-state index in [1.54, 1.807) is 29.5 Å². The summed E-state index contributed by atoms with van der Waals surface area (Å²) in [7, 11) is 0. The number of hydrogen-bond donors (Lipinski definition) is 3. The van der Waals surface area contributed by atoms with Crippen LogP contribution in [0.2, 0.25) is 0 Å². The fourth-order valence-electron chi connectivity index (χ4n) is 3.16. The van der Waals surface area contributed by atoms with Gasteiger partial charge in [0.1, 0.15) is 17.7 Å². The lowest BCUT2D eigenvalue weighted by molar-refractivity contribution is 0.414. The Morgan fingerprint density at radius 3 is 2.40 bits per heavy atom. The molecule has 2 aromatic carbocycles. The van der Waals surface area contributed by atoms with Gasteiger partial charge in [0, 0.05) is 28.5 Å². The van der Waals surface area contributed by atoms with E-state index in [2.05, 4.69) is 5.32 Å². The second-order valence-corrected chi connectivity index (χ2v) is 6.97. The van der Waals surface area contributed by atoms with E-state index >= 15 is 0 Å². The molecule has 0 amide bonds. The molecule has 4 rings (SSSR count). The zero-order valence-corrected chi connectivity index (χ0v) is 14.3. The Kier molecular flexibility index (Phi) is 4.26. The van der Waals surface area contributed by atoms with Crippen molar-refractivity contribution < 1.29 is 10.2 Å². The lowest BCUT2D eigenvalue weighted by atomic mass is 9.94. The Hall–Kier alpha value is -2.63. The smallest absolute Gasteiger partial charge is 0.135 e. The summed E-state index contributed by atoms with van der Waals surface area (Å²) in [5.74, 6) is 0.493. The molecule has 3 aromatic rings. The first-order chi connectivity index (χ1) is 12.2. The van der Waals surface area contributed by atoms with Crippen molar-refractivity contribution in [1.82, 2.24) is 5.32 Å². The highest BCUT2D eigenvalue weighted by atomic mass is 32.1. The quantitative estimate of drug-likeness (QED) is 0.657. The monoisotopic (exact) mass is 350 g/mol. The predicted molar refractivity (Wildman–Crippen MR) is 100 cm³/mol. The molecule has 0 saturated heterocycles.